The van der Waals surface area contributed by atoms with Crippen molar-refractivity contribution in [1.82, 2.24) is 4.90 Å². The van der Waals surface area contributed by atoms with E-state index in [1.807, 2.05) is 37.0 Å². The Balaban J connectivity index is 4.69. The number of rotatable bonds is 4. The van der Waals surface area contributed by atoms with E-state index in [1.54, 1.807) is 19.3 Å². The summed E-state index contributed by atoms with van der Waals surface area (Å²) in [6.45, 7) is 11.3. The molecule has 0 N–H and O–H groups in total. The maximum absolute atomic E-state index is 4.10. The number of aliphatic imine (C=N–C) groups is 1. The van der Waals surface area contributed by atoms with Gasteiger partial charge in [0, 0.05) is 18.9 Å². The number of amidine groups is 1. The molecule has 0 atom stereocenters. The summed E-state index contributed by atoms with van der Waals surface area (Å²) in [6.07, 6.45) is 9.28. The van der Waals surface area contributed by atoms with E-state index in [0.29, 0.717) is 0 Å². The zero-order chi connectivity index (χ0) is 11.0. The summed E-state index contributed by atoms with van der Waals surface area (Å²) in [4.78, 5) is 6.02. The average molecular weight is 190 g/mol. The molecule has 0 aromatic carbocycles. The number of allylic oxidation sites excluding steroid dienone is 5. The van der Waals surface area contributed by atoms with E-state index in [2.05, 4.69) is 18.2 Å². The summed E-state index contributed by atoms with van der Waals surface area (Å²) in [5.74, 6) is 0.917. The second-order valence-corrected chi connectivity index (χ2v) is 2.75. The zero-order valence-corrected chi connectivity index (χ0v) is 9.20. The van der Waals surface area contributed by atoms with Crippen LogP contribution in [-0.2, 0) is 0 Å². The molecule has 14 heavy (non-hydrogen) atoms. The van der Waals surface area contributed by atoms with Crippen LogP contribution in [0.4, 0.5) is 0 Å². The van der Waals surface area contributed by atoms with Crippen molar-refractivity contribution in [3.05, 3.63) is 49.4 Å². The first-order valence-corrected chi connectivity index (χ1v) is 4.48. The van der Waals surface area contributed by atoms with Gasteiger partial charge in [-0.3, -0.25) is 4.99 Å². The average Bonchev–Trinajstić information content (AvgIpc) is 2.19. The lowest BCUT2D eigenvalue weighted by Gasteiger charge is -2.19. The first-order chi connectivity index (χ1) is 6.67. The molecular formula is C12H18N2. The fourth-order valence-corrected chi connectivity index (χ4v) is 0.993. The van der Waals surface area contributed by atoms with Gasteiger partial charge in [-0.15, -0.1) is 0 Å². The highest BCUT2D eigenvalue weighted by molar-refractivity contribution is 5.82. The van der Waals surface area contributed by atoms with Crippen molar-refractivity contribution in [2.24, 2.45) is 4.99 Å². The summed E-state index contributed by atoms with van der Waals surface area (Å²) in [5.41, 5.74) is 1.07. The van der Waals surface area contributed by atoms with Gasteiger partial charge in [0.1, 0.15) is 5.84 Å². The Bertz CT molecular complexity index is 283. The van der Waals surface area contributed by atoms with Crippen molar-refractivity contribution in [1.29, 1.82) is 0 Å². The molecule has 0 saturated heterocycles. The van der Waals surface area contributed by atoms with Gasteiger partial charge >= 0.3 is 0 Å². The largest absolute Gasteiger partial charge is 0.311 e. The highest BCUT2D eigenvalue weighted by Crippen LogP contribution is 2.05. The van der Waals surface area contributed by atoms with Crippen LogP contribution in [0.2, 0.25) is 0 Å². The third-order valence-electron chi connectivity index (χ3n) is 1.82. The summed E-state index contributed by atoms with van der Waals surface area (Å²) < 4.78 is 0. The molecule has 0 rings (SSSR count). The first kappa shape index (κ1) is 12.4. The van der Waals surface area contributed by atoms with E-state index in [1.165, 1.54) is 0 Å². The lowest BCUT2D eigenvalue weighted by atomic mass is 10.3. The van der Waals surface area contributed by atoms with E-state index < -0.39 is 0 Å². The van der Waals surface area contributed by atoms with Crippen molar-refractivity contribution in [2.75, 3.05) is 7.05 Å². The van der Waals surface area contributed by atoms with Crippen molar-refractivity contribution < 1.29 is 0 Å². The molecule has 0 saturated carbocycles. The number of hydrogen-bond acceptors (Lipinski definition) is 1. The molecule has 76 valence electrons. The maximum atomic E-state index is 4.10. The minimum absolute atomic E-state index is 0.917. The Labute approximate surface area is 86.7 Å². The molecule has 0 unspecified atom stereocenters. The van der Waals surface area contributed by atoms with E-state index >= 15 is 0 Å². The molecule has 0 heterocycles. The Morgan fingerprint density at radius 2 is 1.86 bits per heavy atom. The Morgan fingerprint density at radius 3 is 2.29 bits per heavy atom. The molecular weight excluding hydrogens is 172 g/mol. The van der Waals surface area contributed by atoms with Crippen LogP contribution in [0.3, 0.4) is 0 Å². The van der Waals surface area contributed by atoms with E-state index in [9.17, 15) is 0 Å². The number of nitrogens with zero attached hydrogens (tertiary/aromatic N) is 2. The van der Waals surface area contributed by atoms with Crippen LogP contribution in [0.1, 0.15) is 13.8 Å². The highest BCUT2D eigenvalue weighted by atomic mass is 15.2. The summed E-state index contributed by atoms with van der Waals surface area (Å²) in [5, 5.41) is 0. The van der Waals surface area contributed by atoms with Gasteiger partial charge in [-0.1, -0.05) is 31.4 Å². The minimum atomic E-state index is 0.917. The van der Waals surface area contributed by atoms with Gasteiger partial charge in [-0.2, -0.15) is 0 Å². The van der Waals surface area contributed by atoms with Gasteiger partial charge in [-0.25, -0.2) is 0 Å². The van der Waals surface area contributed by atoms with Gasteiger partial charge in [-0.05, 0) is 19.9 Å². The molecule has 2 nitrogen and oxygen atoms in total. The molecule has 0 radical (unpaired) electrons. The van der Waals surface area contributed by atoms with Crippen LogP contribution in [0.25, 0.3) is 0 Å². The molecule has 0 aliphatic carbocycles. The zero-order valence-electron chi connectivity index (χ0n) is 9.20. The normalized spacial score (nSPS) is 13.1. The predicted molar refractivity (Wildman–Crippen MR) is 64.2 cm³/mol. The van der Waals surface area contributed by atoms with Crippen LogP contribution >= 0.6 is 0 Å². The van der Waals surface area contributed by atoms with E-state index in [-0.39, 0.29) is 0 Å². The topological polar surface area (TPSA) is 15.6 Å². The third kappa shape index (κ3) is 3.90. The van der Waals surface area contributed by atoms with Gasteiger partial charge in [0.2, 0.25) is 0 Å². The van der Waals surface area contributed by atoms with Crippen LogP contribution in [0.5, 0.6) is 0 Å². The van der Waals surface area contributed by atoms with E-state index in [4.69, 9.17) is 0 Å². The lowest BCUT2D eigenvalue weighted by Crippen LogP contribution is -2.20. The van der Waals surface area contributed by atoms with Crippen molar-refractivity contribution in [3.63, 3.8) is 0 Å². The standard InChI is InChI=1S/C12H18N2/c1-6-8-9-10-11(3)14(7-2)12(4)13-5/h6-10H,1-2H2,3-5H3/b9-8-,11-10+,13-12?. The Hall–Kier alpha value is -1.57. The molecule has 0 aliphatic heterocycles. The van der Waals surface area contributed by atoms with Crippen molar-refractivity contribution >= 4 is 5.84 Å². The summed E-state index contributed by atoms with van der Waals surface area (Å²) >= 11 is 0. The van der Waals surface area contributed by atoms with Gasteiger partial charge in [0.05, 0.1) is 0 Å². The third-order valence-corrected chi connectivity index (χ3v) is 1.82. The van der Waals surface area contributed by atoms with E-state index in [0.717, 1.165) is 11.5 Å². The first-order valence-electron chi connectivity index (χ1n) is 4.48. The predicted octanol–water partition coefficient (Wildman–Crippen LogP) is 3.13. The molecule has 0 aliphatic rings. The molecule has 0 bridgehead atoms. The molecule has 0 aromatic heterocycles. The SMILES string of the molecule is C=C/C=C\C=C(/C)N(C=C)C(C)=NC. The van der Waals surface area contributed by atoms with Crippen LogP contribution in [-0.4, -0.2) is 17.8 Å². The fraction of sp³-hybridized carbons (Fsp3) is 0.250. The Morgan fingerprint density at radius 1 is 1.21 bits per heavy atom. The summed E-state index contributed by atoms with van der Waals surface area (Å²) in [7, 11) is 1.76. The molecule has 0 fully saturated rings. The van der Waals surface area contributed by atoms with Crippen molar-refractivity contribution in [3.8, 4) is 0 Å². The van der Waals surface area contributed by atoms with Gasteiger partial charge in [0.25, 0.3) is 0 Å². The number of hydrogen-bond donors (Lipinski definition) is 0. The van der Waals surface area contributed by atoms with Crippen molar-refractivity contribution in [2.45, 2.75) is 13.8 Å². The quantitative estimate of drug-likeness (QED) is 0.378. The second-order valence-electron chi connectivity index (χ2n) is 2.75. The van der Waals surface area contributed by atoms with Crippen LogP contribution in [0.15, 0.2) is 54.4 Å². The van der Waals surface area contributed by atoms with Gasteiger partial charge in [0.15, 0.2) is 0 Å². The Kier molecular flexibility index (Phi) is 6.12. The van der Waals surface area contributed by atoms with Gasteiger partial charge < -0.3 is 4.90 Å². The summed E-state index contributed by atoms with van der Waals surface area (Å²) in [6, 6.07) is 0. The second kappa shape index (κ2) is 6.89. The molecule has 2 heteroatoms. The fourth-order valence-electron chi connectivity index (χ4n) is 0.993. The molecule has 0 amide bonds. The smallest absolute Gasteiger partial charge is 0.104 e. The highest BCUT2D eigenvalue weighted by Gasteiger charge is 2.01. The van der Waals surface area contributed by atoms with Crippen LogP contribution in [0, 0.1) is 0 Å². The minimum Gasteiger partial charge on any atom is -0.311 e. The van der Waals surface area contributed by atoms with Crippen LogP contribution < -0.4 is 0 Å². The monoisotopic (exact) mass is 190 g/mol. The molecule has 0 aromatic rings. The lowest BCUT2D eigenvalue weighted by molar-refractivity contribution is 0.685. The molecule has 0 spiro atoms. The maximum Gasteiger partial charge on any atom is 0.104 e.